The maximum Gasteiger partial charge on any atom is 0.251 e. The number of nitrogens with two attached hydrogens (primary N) is 1. The van der Waals surface area contributed by atoms with Gasteiger partial charge in [0.15, 0.2) is 0 Å². The van der Waals surface area contributed by atoms with Gasteiger partial charge in [-0.2, -0.15) is 0 Å². The Morgan fingerprint density at radius 1 is 1.41 bits per heavy atom. The highest BCUT2D eigenvalue weighted by Gasteiger charge is 2.08. The van der Waals surface area contributed by atoms with Gasteiger partial charge in [0.2, 0.25) is 0 Å². The Morgan fingerprint density at radius 2 is 2.12 bits per heavy atom. The second kappa shape index (κ2) is 7.01. The van der Waals surface area contributed by atoms with Gasteiger partial charge in [0.05, 0.1) is 4.99 Å². The van der Waals surface area contributed by atoms with Crippen LogP contribution in [-0.2, 0) is 6.42 Å². The maximum atomic E-state index is 11.9. The van der Waals surface area contributed by atoms with Crippen molar-refractivity contribution in [2.24, 2.45) is 5.73 Å². The highest BCUT2D eigenvalue weighted by molar-refractivity contribution is 7.80. The standard InChI is InChI=1S/C13H18N2OS/c1-2-10-6-3-4-7-11(10)13(16)15-9-5-8-12(14)17/h3-4,6-7H,2,5,8-9H2,1H3,(H2,14,17)(H,15,16). The summed E-state index contributed by atoms with van der Waals surface area (Å²) in [6.45, 7) is 2.65. The first-order valence-corrected chi connectivity index (χ1v) is 6.20. The van der Waals surface area contributed by atoms with Crippen molar-refractivity contribution in [3.8, 4) is 0 Å². The molecule has 0 aliphatic heterocycles. The average Bonchev–Trinajstić information content (AvgIpc) is 2.34. The second-order valence-electron chi connectivity index (χ2n) is 3.84. The zero-order valence-corrected chi connectivity index (χ0v) is 10.8. The molecule has 0 bridgehead atoms. The lowest BCUT2D eigenvalue weighted by molar-refractivity contribution is 0.0952. The van der Waals surface area contributed by atoms with Crippen molar-refractivity contribution in [2.75, 3.05) is 6.54 Å². The molecule has 0 saturated heterocycles. The first-order valence-electron chi connectivity index (χ1n) is 5.79. The van der Waals surface area contributed by atoms with E-state index in [0.717, 1.165) is 24.0 Å². The van der Waals surface area contributed by atoms with E-state index in [9.17, 15) is 4.79 Å². The fourth-order valence-corrected chi connectivity index (χ4v) is 1.75. The molecule has 3 nitrogen and oxygen atoms in total. The van der Waals surface area contributed by atoms with E-state index in [1.807, 2.05) is 31.2 Å². The molecule has 0 saturated carbocycles. The van der Waals surface area contributed by atoms with Gasteiger partial charge in [-0.15, -0.1) is 0 Å². The summed E-state index contributed by atoms with van der Waals surface area (Å²) in [5, 5.41) is 2.87. The zero-order valence-electron chi connectivity index (χ0n) is 10.0. The summed E-state index contributed by atoms with van der Waals surface area (Å²) < 4.78 is 0. The normalized spacial score (nSPS) is 9.94. The number of aryl methyl sites for hydroxylation is 1. The largest absolute Gasteiger partial charge is 0.393 e. The van der Waals surface area contributed by atoms with E-state index in [1.54, 1.807) is 0 Å². The number of hydrogen-bond acceptors (Lipinski definition) is 2. The average molecular weight is 250 g/mol. The van der Waals surface area contributed by atoms with E-state index in [4.69, 9.17) is 18.0 Å². The topological polar surface area (TPSA) is 55.1 Å². The lowest BCUT2D eigenvalue weighted by Crippen LogP contribution is -2.26. The monoisotopic (exact) mass is 250 g/mol. The summed E-state index contributed by atoms with van der Waals surface area (Å²) in [5.41, 5.74) is 7.21. The zero-order chi connectivity index (χ0) is 12.7. The third-order valence-electron chi connectivity index (χ3n) is 2.53. The van der Waals surface area contributed by atoms with Crippen molar-refractivity contribution >= 4 is 23.1 Å². The van der Waals surface area contributed by atoms with Crippen LogP contribution in [-0.4, -0.2) is 17.4 Å². The van der Waals surface area contributed by atoms with Gasteiger partial charge < -0.3 is 11.1 Å². The Hall–Kier alpha value is -1.42. The molecule has 1 rings (SSSR count). The van der Waals surface area contributed by atoms with Crippen molar-refractivity contribution in [3.05, 3.63) is 35.4 Å². The van der Waals surface area contributed by atoms with Crippen molar-refractivity contribution in [3.63, 3.8) is 0 Å². The molecule has 0 heterocycles. The predicted octanol–water partition coefficient (Wildman–Crippen LogP) is 2.05. The van der Waals surface area contributed by atoms with E-state index in [0.29, 0.717) is 18.0 Å². The van der Waals surface area contributed by atoms with Crippen molar-refractivity contribution in [1.29, 1.82) is 0 Å². The van der Waals surface area contributed by atoms with E-state index in [2.05, 4.69) is 5.32 Å². The van der Waals surface area contributed by atoms with E-state index in [-0.39, 0.29) is 5.91 Å². The Labute approximate surface area is 107 Å². The summed E-state index contributed by atoms with van der Waals surface area (Å²) in [7, 11) is 0. The maximum absolute atomic E-state index is 11.9. The first kappa shape index (κ1) is 13.6. The number of thiocarbonyl (C=S) groups is 1. The Balaban J connectivity index is 2.49. The van der Waals surface area contributed by atoms with Gasteiger partial charge in [-0.3, -0.25) is 4.79 Å². The van der Waals surface area contributed by atoms with E-state index in [1.165, 1.54) is 0 Å². The molecule has 0 aromatic heterocycles. The molecule has 4 heteroatoms. The summed E-state index contributed by atoms with van der Waals surface area (Å²) in [6.07, 6.45) is 2.32. The smallest absolute Gasteiger partial charge is 0.251 e. The SMILES string of the molecule is CCc1ccccc1C(=O)NCCCC(N)=S. The summed E-state index contributed by atoms with van der Waals surface area (Å²) in [6, 6.07) is 7.65. The number of rotatable bonds is 6. The van der Waals surface area contributed by atoms with Crippen LogP contribution in [0.2, 0.25) is 0 Å². The Bertz CT molecular complexity index is 404. The van der Waals surface area contributed by atoms with Crippen LogP contribution in [0.4, 0.5) is 0 Å². The van der Waals surface area contributed by atoms with Gasteiger partial charge in [-0.05, 0) is 30.9 Å². The second-order valence-corrected chi connectivity index (χ2v) is 4.36. The van der Waals surface area contributed by atoms with Crippen LogP contribution in [0.25, 0.3) is 0 Å². The minimum absolute atomic E-state index is 0.0228. The van der Waals surface area contributed by atoms with Crippen LogP contribution in [0.5, 0.6) is 0 Å². The number of nitrogens with one attached hydrogen (secondary N) is 1. The lowest BCUT2D eigenvalue weighted by atomic mass is 10.0. The summed E-state index contributed by atoms with van der Waals surface area (Å²) in [5.74, 6) is -0.0228. The molecule has 1 aromatic rings. The molecule has 1 amide bonds. The van der Waals surface area contributed by atoms with Crippen LogP contribution in [0.3, 0.4) is 0 Å². The quantitative estimate of drug-likeness (QED) is 0.600. The summed E-state index contributed by atoms with van der Waals surface area (Å²) >= 11 is 4.77. The van der Waals surface area contributed by atoms with Crippen molar-refractivity contribution < 1.29 is 4.79 Å². The predicted molar refractivity (Wildman–Crippen MR) is 74.2 cm³/mol. The molecule has 3 N–H and O–H groups in total. The first-order chi connectivity index (χ1) is 8.15. The Morgan fingerprint density at radius 3 is 2.76 bits per heavy atom. The molecule has 0 unspecified atom stereocenters. The number of carbonyl (C=O) groups excluding carboxylic acids is 1. The molecule has 17 heavy (non-hydrogen) atoms. The van der Waals surface area contributed by atoms with Crippen LogP contribution >= 0.6 is 12.2 Å². The van der Waals surface area contributed by atoms with Gasteiger partial charge in [0, 0.05) is 12.1 Å². The lowest BCUT2D eigenvalue weighted by Gasteiger charge is -2.08. The van der Waals surface area contributed by atoms with Crippen LogP contribution < -0.4 is 11.1 Å². The molecule has 0 fully saturated rings. The van der Waals surface area contributed by atoms with E-state index >= 15 is 0 Å². The third kappa shape index (κ3) is 4.53. The highest BCUT2D eigenvalue weighted by Crippen LogP contribution is 2.09. The molecule has 0 atom stereocenters. The summed E-state index contributed by atoms with van der Waals surface area (Å²) in [4.78, 5) is 12.4. The Kier molecular flexibility index (Phi) is 5.63. The van der Waals surface area contributed by atoms with E-state index < -0.39 is 0 Å². The van der Waals surface area contributed by atoms with Crippen LogP contribution in [0.15, 0.2) is 24.3 Å². The number of benzene rings is 1. The third-order valence-corrected chi connectivity index (χ3v) is 2.73. The number of amides is 1. The van der Waals surface area contributed by atoms with Gasteiger partial charge in [0.25, 0.3) is 5.91 Å². The number of carbonyl (C=O) groups is 1. The molecule has 0 aliphatic rings. The minimum Gasteiger partial charge on any atom is -0.393 e. The van der Waals surface area contributed by atoms with Gasteiger partial charge in [-0.25, -0.2) is 0 Å². The van der Waals surface area contributed by atoms with Crippen molar-refractivity contribution in [1.82, 2.24) is 5.32 Å². The fraction of sp³-hybridized carbons (Fsp3) is 0.385. The molecular formula is C13H18N2OS. The highest BCUT2D eigenvalue weighted by atomic mass is 32.1. The fourth-order valence-electron chi connectivity index (χ4n) is 1.61. The van der Waals surface area contributed by atoms with Gasteiger partial charge in [0.1, 0.15) is 0 Å². The molecular weight excluding hydrogens is 232 g/mol. The molecule has 0 radical (unpaired) electrons. The van der Waals surface area contributed by atoms with Crippen molar-refractivity contribution in [2.45, 2.75) is 26.2 Å². The van der Waals surface area contributed by atoms with Gasteiger partial charge >= 0.3 is 0 Å². The number of hydrogen-bond donors (Lipinski definition) is 2. The minimum atomic E-state index is -0.0228. The molecule has 1 aromatic carbocycles. The van der Waals surface area contributed by atoms with Crippen LogP contribution in [0.1, 0.15) is 35.7 Å². The van der Waals surface area contributed by atoms with Gasteiger partial charge in [-0.1, -0.05) is 37.3 Å². The molecule has 0 spiro atoms. The van der Waals surface area contributed by atoms with Crippen LogP contribution in [0, 0.1) is 0 Å². The molecule has 0 aliphatic carbocycles. The molecule has 92 valence electrons.